The van der Waals surface area contributed by atoms with Crippen molar-refractivity contribution in [1.82, 2.24) is 9.97 Å². The van der Waals surface area contributed by atoms with Gasteiger partial charge in [-0.25, -0.2) is 9.97 Å². The molecule has 0 amide bonds. The summed E-state index contributed by atoms with van der Waals surface area (Å²) in [4.78, 5) is 10.8. The van der Waals surface area contributed by atoms with Gasteiger partial charge >= 0.3 is 0 Å². The van der Waals surface area contributed by atoms with Gasteiger partial charge in [0.05, 0.1) is 12.8 Å². The van der Waals surface area contributed by atoms with E-state index in [2.05, 4.69) is 9.97 Å². The summed E-state index contributed by atoms with van der Waals surface area (Å²) in [6, 6.07) is 9.55. The molecule has 0 fully saturated rings. The second kappa shape index (κ2) is 5.77. The zero-order chi connectivity index (χ0) is 14.7. The smallest absolute Gasteiger partial charge is 0.142 e. The van der Waals surface area contributed by atoms with E-state index in [1.807, 2.05) is 50.1 Å². The minimum absolute atomic E-state index is 0.225. The molecular formula is C15H20N4O. The molecule has 106 valence electrons. The first kappa shape index (κ1) is 14.1. The predicted octanol–water partition coefficient (Wildman–Crippen LogP) is 2.96. The summed E-state index contributed by atoms with van der Waals surface area (Å²) >= 11 is 0. The third-order valence-electron chi connectivity index (χ3n) is 3.06. The molecule has 2 rings (SSSR count). The highest BCUT2D eigenvalue weighted by Crippen LogP contribution is 2.32. The maximum atomic E-state index is 5.87. The van der Waals surface area contributed by atoms with Crippen LogP contribution in [0.3, 0.4) is 0 Å². The van der Waals surface area contributed by atoms with Crippen molar-refractivity contribution in [3.8, 4) is 5.75 Å². The maximum Gasteiger partial charge on any atom is 0.142 e. The molecule has 1 heterocycles. The molecule has 1 aromatic heterocycles. The number of rotatable bonds is 4. The number of anilines is 3. The molecular weight excluding hydrogens is 252 g/mol. The van der Waals surface area contributed by atoms with E-state index >= 15 is 0 Å². The van der Waals surface area contributed by atoms with Gasteiger partial charge in [-0.05, 0) is 12.1 Å². The van der Waals surface area contributed by atoms with Crippen LogP contribution in [0.15, 0.2) is 30.3 Å². The fourth-order valence-electron chi connectivity index (χ4n) is 1.93. The summed E-state index contributed by atoms with van der Waals surface area (Å²) in [5.74, 6) is 2.98. The predicted molar refractivity (Wildman–Crippen MR) is 81.6 cm³/mol. The molecule has 2 aromatic rings. The van der Waals surface area contributed by atoms with E-state index < -0.39 is 0 Å². The van der Waals surface area contributed by atoms with E-state index in [0.29, 0.717) is 5.82 Å². The highest BCUT2D eigenvalue weighted by Gasteiger charge is 2.13. The maximum absolute atomic E-state index is 5.87. The zero-order valence-electron chi connectivity index (χ0n) is 12.3. The summed E-state index contributed by atoms with van der Waals surface area (Å²) in [6.07, 6.45) is 0. The van der Waals surface area contributed by atoms with Gasteiger partial charge in [-0.15, -0.1) is 0 Å². The van der Waals surface area contributed by atoms with Gasteiger partial charge in [-0.2, -0.15) is 0 Å². The number of nitrogen functional groups attached to an aromatic ring is 1. The molecule has 2 N–H and O–H groups in total. The first-order chi connectivity index (χ1) is 9.52. The highest BCUT2D eigenvalue weighted by atomic mass is 16.5. The van der Waals surface area contributed by atoms with Crippen LogP contribution in [0.5, 0.6) is 5.75 Å². The third-order valence-corrected chi connectivity index (χ3v) is 3.06. The monoisotopic (exact) mass is 272 g/mol. The second-order valence-corrected chi connectivity index (χ2v) is 4.89. The topological polar surface area (TPSA) is 64.3 Å². The number of para-hydroxylation sites is 2. The number of ether oxygens (including phenoxy) is 1. The van der Waals surface area contributed by atoms with Crippen LogP contribution in [0.4, 0.5) is 17.3 Å². The van der Waals surface area contributed by atoms with Crippen LogP contribution in [0.2, 0.25) is 0 Å². The molecule has 1 aromatic carbocycles. The lowest BCUT2D eigenvalue weighted by Crippen LogP contribution is -2.15. The molecule has 0 unspecified atom stereocenters. The van der Waals surface area contributed by atoms with E-state index in [9.17, 15) is 0 Å². The zero-order valence-corrected chi connectivity index (χ0v) is 12.3. The van der Waals surface area contributed by atoms with Crippen molar-refractivity contribution >= 4 is 17.3 Å². The lowest BCUT2D eigenvalue weighted by atomic mass is 10.2. The average molecular weight is 272 g/mol. The van der Waals surface area contributed by atoms with Gasteiger partial charge < -0.3 is 15.4 Å². The molecule has 0 atom stereocenters. The van der Waals surface area contributed by atoms with Gasteiger partial charge in [0.2, 0.25) is 0 Å². The van der Waals surface area contributed by atoms with Crippen LogP contribution < -0.4 is 15.4 Å². The standard InChI is InChI=1S/C15H20N4O/c1-10(2)15-17-13(16)9-14(18-15)19(3)11-7-5-6-8-12(11)20-4/h5-10H,1-4H3,(H2,16,17,18). The quantitative estimate of drug-likeness (QED) is 0.927. The minimum Gasteiger partial charge on any atom is -0.495 e. The number of methoxy groups -OCH3 is 1. The molecule has 0 aliphatic heterocycles. The Hall–Kier alpha value is -2.30. The number of hydrogen-bond acceptors (Lipinski definition) is 5. The molecule has 5 nitrogen and oxygen atoms in total. The van der Waals surface area contributed by atoms with Crippen molar-refractivity contribution in [3.63, 3.8) is 0 Å². The number of nitrogens with two attached hydrogens (primary N) is 1. The van der Waals surface area contributed by atoms with Crippen LogP contribution >= 0.6 is 0 Å². The van der Waals surface area contributed by atoms with Crippen molar-refractivity contribution in [2.24, 2.45) is 0 Å². The Morgan fingerprint density at radius 1 is 1.20 bits per heavy atom. The molecule has 0 saturated heterocycles. The van der Waals surface area contributed by atoms with Gasteiger partial charge in [-0.1, -0.05) is 26.0 Å². The Morgan fingerprint density at radius 2 is 1.90 bits per heavy atom. The van der Waals surface area contributed by atoms with Crippen molar-refractivity contribution in [2.75, 3.05) is 24.8 Å². The van der Waals surface area contributed by atoms with Crippen molar-refractivity contribution in [2.45, 2.75) is 19.8 Å². The van der Waals surface area contributed by atoms with E-state index in [1.54, 1.807) is 13.2 Å². The lowest BCUT2D eigenvalue weighted by molar-refractivity contribution is 0.415. The fraction of sp³-hybridized carbons (Fsp3) is 0.333. The van der Waals surface area contributed by atoms with Crippen molar-refractivity contribution in [1.29, 1.82) is 0 Å². The average Bonchev–Trinajstić information content (AvgIpc) is 2.45. The first-order valence-corrected chi connectivity index (χ1v) is 6.54. The largest absolute Gasteiger partial charge is 0.495 e. The highest BCUT2D eigenvalue weighted by molar-refractivity contribution is 5.67. The summed E-state index contributed by atoms with van der Waals surface area (Å²) in [5.41, 5.74) is 6.81. The van der Waals surface area contributed by atoms with Gasteiger partial charge in [0.1, 0.15) is 23.2 Å². The molecule has 0 bridgehead atoms. The molecule has 0 spiro atoms. The summed E-state index contributed by atoms with van der Waals surface area (Å²) in [5, 5.41) is 0. The van der Waals surface area contributed by atoms with E-state index in [-0.39, 0.29) is 5.92 Å². The van der Waals surface area contributed by atoms with Gasteiger partial charge in [0.15, 0.2) is 0 Å². The van der Waals surface area contributed by atoms with Gasteiger partial charge in [-0.3, -0.25) is 0 Å². The SMILES string of the molecule is COc1ccccc1N(C)c1cc(N)nc(C(C)C)n1. The normalized spacial score (nSPS) is 10.7. The Balaban J connectivity index is 2.45. The molecule has 0 saturated carbocycles. The Bertz CT molecular complexity index is 598. The number of nitrogens with zero attached hydrogens (tertiary/aromatic N) is 3. The molecule has 20 heavy (non-hydrogen) atoms. The Labute approximate surface area is 119 Å². The number of benzene rings is 1. The third kappa shape index (κ3) is 2.82. The molecule has 5 heteroatoms. The summed E-state index contributed by atoms with van der Waals surface area (Å²) < 4.78 is 5.38. The Kier molecular flexibility index (Phi) is 4.08. The molecule has 0 aliphatic rings. The molecule has 0 aliphatic carbocycles. The lowest BCUT2D eigenvalue weighted by Gasteiger charge is -2.21. The molecule has 0 radical (unpaired) electrons. The van der Waals surface area contributed by atoms with Crippen LogP contribution in [0, 0.1) is 0 Å². The summed E-state index contributed by atoms with van der Waals surface area (Å²) in [6.45, 7) is 4.09. The Morgan fingerprint density at radius 3 is 2.55 bits per heavy atom. The van der Waals surface area contributed by atoms with Gasteiger partial charge in [0.25, 0.3) is 0 Å². The van der Waals surface area contributed by atoms with Crippen LogP contribution in [-0.4, -0.2) is 24.1 Å². The number of hydrogen-bond donors (Lipinski definition) is 1. The number of aromatic nitrogens is 2. The van der Waals surface area contributed by atoms with Crippen LogP contribution in [-0.2, 0) is 0 Å². The first-order valence-electron chi connectivity index (χ1n) is 6.54. The van der Waals surface area contributed by atoms with Crippen LogP contribution in [0.25, 0.3) is 0 Å². The van der Waals surface area contributed by atoms with E-state index in [4.69, 9.17) is 10.5 Å². The summed E-state index contributed by atoms with van der Waals surface area (Å²) in [7, 11) is 3.59. The van der Waals surface area contributed by atoms with E-state index in [1.165, 1.54) is 0 Å². The second-order valence-electron chi connectivity index (χ2n) is 4.89. The van der Waals surface area contributed by atoms with Gasteiger partial charge in [0, 0.05) is 19.0 Å². The fourth-order valence-corrected chi connectivity index (χ4v) is 1.93. The van der Waals surface area contributed by atoms with Crippen LogP contribution in [0.1, 0.15) is 25.6 Å². The van der Waals surface area contributed by atoms with Crippen molar-refractivity contribution < 1.29 is 4.74 Å². The van der Waals surface area contributed by atoms with E-state index in [0.717, 1.165) is 23.1 Å². The van der Waals surface area contributed by atoms with Crippen molar-refractivity contribution in [3.05, 3.63) is 36.2 Å². The minimum atomic E-state index is 0.225.